The fourth-order valence-electron chi connectivity index (χ4n) is 2.56. The van der Waals surface area contributed by atoms with Crippen molar-refractivity contribution in [1.82, 2.24) is 10.3 Å². The summed E-state index contributed by atoms with van der Waals surface area (Å²) < 4.78 is 0. The summed E-state index contributed by atoms with van der Waals surface area (Å²) in [6, 6.07) is 1.96. The molecule has 0 radical (unpaired) electrons. The highest BCUT2D eigenvalue weighted by Gasteiger charge is 2.20. The number of carbonyl (C=O) groups excluding carboxylic acids is 1. The lowest BCUT2D eigenvalue weighted by molar-refractivity contribution is 0.100. The summed E-state index contributed by atoms with van der Waals surface area (Å²) in [7, 11) is 0. The molecule has 106 valence electrons. The number of fused-ring (bicyclic) bond motifs is 1. The van der Waals surface area contributed by atoms with Crippen LogP contribution in [0.15, 0.2) is 12.3 Å². The molecule has 1 amide bonds. The molecule has 0 saturated carbocycles. The van der Waals surface area contributed by atoms with Crippen LogP contribution in [0.25, 0.3) is 10.2 Å². The lowest BCUT2D eigenvalue weighted by Crippen LogP contribution is -2.28. The topological polar surface area (TPSA) is 97.3 Å². The van der Waals surface area contributed by atoms with E-state index >= 15 is 0 Å². The van der Waals surface area contributed by atoms with Crippen molar-refractivity contribution in [2.24, 2.45) is 5.73 Å². The second kappa shape index (κ2) is 5.26. The minimum atomic E-state index is -0.492. The third kappa shape index (κ3) is 2.19. The van der Waals surface area contributed by atoms with E-state index < -0.39 is 5.91 Å². The van der Waals surface area contributed by atoms with Gasteiger partial charge in [0.05, 0.1) is 16.8 Å². The van der Waals surface area contributed by atoms with Crippen LogP contribution in [0.4, 0.5) is 11.4 Å². The van der Waals surface area contributed by atoms with Gasteiger partial charge in [0, 0.05) is 25.8 Å². The Morgan fingerprint density at radius 2 is 2.25 bits per heavy atom. The summed E-state index contributed by atoms with van der Waals surface area (Å²) in [5.74, 6) is -0.492. The van der Waals surface area contributed by atoms with Crippen molar-refractivity contribution in [3.63, 3.8) is 0 Å². The second-order valence-electron chi connectivity index (χ2n) is 4.81. The van der Waals surface area contributed by atoms with E-state index in [2.05, 4.69) is 15.2 Å². The summed E-state index contributed by atoms with van der Waals surface area (Å²) >= 11 is 1.26. The average Bonchev–Trinajstić information content (AvgIpc) is 2.64. The van der Waals surface area contributed by atoms with Crippen LogP contribution < -0.4 is 21.7 Å². The Morgan fingerprint density at radius 1 is 1.40 bits per heavy atom. The van der Waals surface area contributed by atoms with Gasteiger partial charge in [0.2, 0.25) is 0 Å². The number of hydrogen-bond acceptors (Lipinski definition) is 6. The first kappa shape index (κ1) is 13.1. The molecule has 0 unspecified atom stereocenters. The highest BCUT2D eigenvalue weighted by atomic mass is 32.1. The predicted octanol–water partition coefficient (Wildman–Crippen LogP) is 0.777. The van der Waals surface area contributed by atoms with Crippen LogP contribution in [0.5, 0.6) is 0 Å². The highest BCUT2D eigenvalue weighted by molar-refractivity contribution is 7.21. The zero-order valence-electron chi connectivity index (χ0n) is 11.1. The van der Waals surface area contributed by atoms with Crippen LogP contribution in [-0.4, -0.2) is 37.1 Å². The quantitative estimate of drug-likeness (QED) is 0.759. The zero-order valence-corrected chi connectivity index (χ0v) is 11.9. The molecule has 1 aliphatic rings. The fourth-order valence-corrected chi connectivity index (χ4v) is 3.50. The molecular weight excluding hydrogens is 274 g/mol. The molecule has 0 spiro atoms. The maximum Gasteiger partial charge on any atom is 0.260 e. The van der Waals surface area contributed by atoms with Crippen molar-refractivity contribution in [2.45, 2.75) is 6.42 Å². The summed E-state index contributed by atoms with van der Waals surface area (Å²) in [5, 5.41) is 4.23. The lowest BCUT2D eigenvalue weighted by Gasteiger charge is -2.23. The SMILES string of the molecule is NC(=O)c1sc2nccc(N3CCCNCC3)c2c1N. The van der Waals surface area contributed by atoms with E-state index in [0.717, 1.165) is 48.5 Å². The minimum Gasteiger partial charge on any atom is -0.397 e. The number of nitrogen functional groups attached to an aromatic ring is 1. The molecule has 0 bridgehead atoms. The average molecular weight is 291 g/mol. The van der Waals surface area contributed by atoms with Crippen molar-refractivity contribution in [2.75, 3.05) is 36.8 Å². The number of nitrogens with zero attached hydrogens (tertiary/aromatic N) is 2. The molecule has 0 aliphatic carbocycles. The van der Waals surface area contributed by atoms with Gasteiger partial charge < -0.3 is 21.7 Å². The fraction of sp³-hybridized carbons (Fsp3) is 0.385. The third-order valence-corrected chi connectivity index (χ3v) is 4.64. The largest absolute Gasteiger partial charge is 0.397 e. The van der Waals surface area contributed by atoms with Crippen LogP contribution >= 0.6 is 11.3 Å². The van der Waals surface area contributed by atoms with Crippen molar-refractivity contribution >= 4 is 38.8 Å². The first-order valence-electron chi connectivity index (χ1n) is 6.61. The Hall–Kier alpha value is -1.86. The number of aromatic nitrogens is 1. The summed E-state index contributed by atoms with van der Waals surface area (Å²) in [6.07, 6.45) is 2.84. The van der Waals surface area contributed by atoms with Crippen molar-refractivity contribution in [3.8, 4) is 0 Å². The second-order valence-corrected chi connectivity index (χ2v) is 5.81. The van der Waals surface area contributed by atoms with Gasteiger partial charge in [-0.05, 0) is 19.0 Å². The van der Waals surface area contributed by atoms with E-state index in [4.69, 9.17) is 11.5 Å². The first-order chi connectivity index (χ1) is 9.68. The molecule has 1 aliphatic heterocycles. The maximum atomic E-state index is 11.4. The molecule has 7 heteroatoms. The van der Waals surface area contributed by atoms with E-state index in [1.54, 1.807) is 6.20 Å². The van der Waals surface area contributed by atoms with Gasteiger partial charge in [0.25, 0.3) is 5.91 Å². The highest BCUT2D eigenvalue weighted by Crippen LogP contribution is 2.38. The van der Waals surface area contributed by atoms with Gasteiger partial charge in [-0.15, -0.1) is 11.3 Å². The number of nitrogens with one attached hydrogen (secondary N) is 1. The van der Waals surface area contributed by atoms with Crippen LogP contribution in [0.3, 0.4) is 0 Å². The van der Waals surface area contributed by atoms with E-state index in [-0.39, 0.29) is 0 Å². The Balaban J connectivity index is 2.12. The number of amides is 1. The van der Waals surface area contributed by atoms with Crippen LogP contribution in [0.2, 0.25) is 0 Å². The third-order valence-electron chi connectivity index (χ3n) is 3.51. The van der Waals surface area contributed by atoms with Crippen molar-refractivity contribution in [1.29, 1.82) is 0 Å². The lowest BCUT2D eigenvalue weighted by atomic mass is 10.2. The number of nitrogens with two attached hydrogens (primary N) is 2. The molecular formula is C13H17N5OS. The van der Waals surface area contributed by atoms with Crippen molar-refractivity contribution < 1.29 is 4.79 Å². The molecule has 6 nitrogen and oxygen atoms in total. The molecule has 1 saturated heterocycles. The van der Waals surface area contributed by atoms with Crippen LogP contribution in [0, 0.1) is 0 Å². The predicted molar refractivity (Wildman–Crippen MR) is 82.3 cm³/mol. The van der Waals surface area contributed by atoms with Gasteiger partial charge in [-0.2, -0.15) is 0 Å². The van der Waals surface area contributed by atoms with Crippen LogP contribution in [0.1, 0.15) is 16.1 Å². The van der Waals surface area contributed by atoms with Gasteiger partial charge >= 0.3 is 0 Å². The van der Waals surface area contributed by atoms with Gasteiger partial charge in [0.1, 0.15) is 9.71 Å². The standard InChI is InChI=1S/C13H17N5OS/c14-10-9-8(18-6-1-3-16-5-7-18)2-4-17-13(9)20-11(10)12(15)19/h2,4,16H,1,3,5-7,14H2,(H2,15,19). The number of hydrogen-bond donors (Lipinski definition) is 3. The number of pyridine rings is 1. The number of primary amides is 1. The number of anilines is 2. The van der Waals surface area contributed by atoms with E-state index in [1.165, 1.54) is 11.3 Å². The normalized spacial score (nSPS) is 16.3. The molecule has 3 heterocycles. The molecule has 0 aromatic carbocycles. The Bertz CT molecular complexity index is 645. The molecule has 3 rings (SSSR count). The molecule has 1 fully saturated rings. The van der Waals surface area contributed by atoms with Gasteiger partial charge in [0.15, 0.2) is 0 Å². The van der Waals surface area contributed by atoms with Gasteiger partial charge in [-0.3, -0.25) is 4.79 Å². The minimum absolute atomic E-state index is 0.396. The van der Waals surface area contributed by atoms with E-state index in [1.807, 2.05) is 6.07 Å². The molecule has 0 atom stereocenters. The number of carbonyl (C=O) groups is 1. The van der Waals surface area contributed by atoms with Crippen LogP contribution in [-0.2, 0) is 0 Å². The zero-order chi connectivity index (χ0) is 14.1. The number of rotatable bonds is 2. The molecule has 20 heavy (non-hydrogen) atoms. The molecule has 2 aromatic rings. The van der Waals surface area contributed by atoms with Crippen molar-refractivity contribution in [3.05, 3.63) is 17.1 Å². The smallest absolute Gasteiger partial charge is 0.260 e. The van der Waals surface area contributed by atoms with Gasteiger partial charge in [-0.1, -0.05) is 0 Å². The van der Waals surface area contributed by atoms with E-state index in [0.29, 0.717) is 10.6 Å². The summed E-state index contributed by atoms with van der Waals surface area (Å²) in [6.45, 7) is 3.85. The molecule has 2 aromatic heterocycles. The first-order valence-corrected chi connectivity index (χ1v) is 7.42. The summed E-state index contributed by atoms with van der Waals surface area (Å²) in [5.41, 5.74) is 13.0. The molecule has 5 N–H and O–H groups in total. The maximum absolute atomic E-state index is 11.4. The van der Waals surface area contributed by atoms with Gasteiger partial charge in [-0.25, -0.2) is 4.98 Å². The van der Waals surface area contributed by atoms with E-state index in [9.17, 15) is 4.79 Å². The monoisotopic (exact) mass is 291 g/mol. The Morgan fingerprint density at radius 3 is 3.05 bits per heavy atom. The summed E-state index contributed by atoms with van der Waals surface area (Å²) in [4.78, 5) is 19.2. The Labute approximate surface area is 120 Å². The number of thiophene rings is 1. The Kier molecular flexibility index (Phi) is 3.45.